The molecule has 1 saturated carbocycles. The molecule has 0 aromatic heterocycles. The highest BCUT2D eigenvalue weighted by atomic mass is 16.5. The molecule has 4 unspecified atom stereocenters. The van der Waals surface area contributed by atoms with Crippen molar-refractivity contribution in [3.05, 3.63) is 0 Å². The van der Waals surface area contributed by atoms with E-state index in [1.54, 1.807) is 0 Å². The molecule has 21 heavy (non-hydrogen) atoms. The third kappa shape index (κ3) is 2.65. The maximum Gasteiger partial charge on any atom is 0.0690 e. The summed E-state index contributed by atoms with van der Waals surface area (Å²) in [6, 6.07) is 0. The van der Waals surface area contributed by atoms with Crippen LogP contribution in [0, 0.1) is 17.3 Å². The van der Waals surface area contributed by atoms with Gasteiger partial charge in [-0.25, -0.2) is 0 Å². The Morgan fingerprint density at radius 3 is 2.67 bits per heavy atom. The van der Waals surface area contributed by atoms with Crippen LogP contribution < -0.4 is 5.73 Å². The second kappa shape index (κ2) is 5.80. The Morgan fingerprint density at radius 2 is 1.95 bits per heavy atom. The van der Waals surface area contributed by atoms with Gasteiger partial charge in [0.15, 0.2) is 0 Å². The lowest BCUT2D eigenvalue weighted by molar-refractivity contribution is -0.231. The Hall–Kier alpha value is -0.160. The van der Waals surface area contributed by atoms with Gasteiger partial charge in [-0.15, -0.1) is 0 Å². The standard InChI is InChI=1S/C17H32N2O2/c1-16(2)15-14(7-5-9-21-15)17(16,18)12-19(3)10-13-6-4-8-20-11-13/h13-15H,4-12,18H2,1-3H3. The molecule has 4 nitrogen and oxygen atoms in total. The summed E-state index contributed by atoms with van der Waals surface area (Å²) >= 11 is 0. The summed E-state index contributed by atoms with van der Waals surface area (Å²) in [6.07, 6.45) is 5.25. The van der Waals surface area contributed by atoms with E-state index >= 15 is 0 Å². The van der Waals surface area contributed by atoms with Gasteiger partial charge in [0.2, 0.25) is 0 Å². The molecule has 3 fully saturated rings. The topological polar surface area (TPSA) is 47.7 Å². The van der Waals surface area contributed by atoms with Crippen molar-refractivity contribution in [2.24, 2.45) is 23.0 Å². The lowest BCUT2D eigenvalue weighted by atomic mass is 9.46. The minimum absolute atomic E-state index is 0.0788. The van der Waals surface area contributed by atoms with Gasteiger partial charge in [-0.3, -0.25) is 0 Å². The van der Waals surface area contributed by atoms with E-state index in [1.165, 1.54) is 19.3 Å². The maximum atomic E-state index is 6.89. The number of rotatable bonds is 4. The van der Waals surface area contributed by atoms with Crippen molar-refractivity contribution < 1.29 is 9.47 Å². The molecule has 122 valence electrons. The van der Waals surface area contributed by atoms with Crippen LogP contribution in [0.3, 0.4) is 0 Å². The molecule has 0 aromatic carbocycles. The summed E-state index contributed by atoms with van der Waals surface area (Å²) in [5.41, 5.74) is 6.86. The molecule has 2 N–H and O–H groups in total. The van der Waals surface area contributed by atoms with Crippen LogP contribution in [0.4, 0.5) is 0 Å². The summed E-state index contributed by atoms with van der Waals surface area (Å²) in [6.45, 7) is 9.42. The zero-order valence-corrected chi connectivity index (χ0v) is 13.9. The molecule has 4 atom stereocenters. The Bertz CT molecular complexity index is 368. The molecule has 3 aliphatic rings. The van der Waals surface area contributed by atoms with Gasteiger partial charge >= 0.3 is 0 Å². The van der Waals surface area contributed by atoms with Crippen LogP contribution in [0.1, 0.15) is 39.5 Å². The van der Waals surface area contributed by atoms with Gasteiger partial charge in [-0.05, 0) is 38.6 Å². The summed E-state index contributed by atoms with van der Waals surface area (Å²) in [5, 5.41) is 0. The molecule has 2 heterocycles. The second-order valence-electron chi connectivity index (χ2n) is 8.08. The zero-order valence-electron chi connectivity index (χ0n) is 13.9. The average Bonchev–Trinajstić information content (AvgIpc) is 2.48. The summed E-state index contributed by atoms with van der Waals surface area (Å²) in [4.78, 5) is 2.44. The fraction of sp³-hybridized carbons (Fsp3) is 1.00. The van der Waals surface area contributed by atoms with Crippen molar-refractivity contribution >= 4 is 0 Å². The van der Waals surface area contributed by atoms with Crippen LogP contribution >= 0.6 is 0 Å². The fourth-order valence-electron chi connectivity index (χ4n) is 4.89. The molecule has 0 radical (unpaired) electrons. The van der Waals surface area contributed by atoms with E-state index in [2.05, 4.69) is 25.8 Å². The first-order valence-corrected chi connectivity index (χ1v) is 8.62. The van der Waals surface area contributed by atoms with Gasteiger partial charge in [-0.2, -0.15) is 0 Å². The van der Waals surface area contributed by atoms with Crippen LogP contribution in [-0.4, -0.2) is 56.5 Å². The predicted octanol–water partition coefficient (Wildman–Crippen LogP) is 1.88. The number of ether oxygens (including phenoxy) is 2. The third-order valence-corrected chi connectivity index (χ3v) is 6.25. The van der Waals surface area contributed by atoms with Crippen molar-refractivity contribution in [3.8, 4) is 0 Å². The van der Waals surface area contributed by atoms with Crippen molar-refractivity contribution in [3.63, 3.8) is 0 Å². The SMILES string of the molecule is CN(CC1CCCOC1)CC1(N)C2CCCOC2C1(C)C. The van der Waals surface area contributed by atoms with Crippen molar-refractivity contribution in [1.29, 1.82) is 0 Å². The molecule has 0 amide bonds. The quantitative estimate of drug-likeness (QED) is 0.860. The first kappa shape index (κ1) is 15.7. The molecule has 3 rings (SSSR count). The number of nitrogens with two attached hydrogens (primary N) is 1. The van der Waals surface area contributed by atoms with Crippen LogP contribution in [0.25, 0.3) is 0 Å². The normalized spacial score (nSPS) is 42.4. The molecule has 0 aromatic rings. The highest BCUT2D eigenvalue weighted by Crippen LogP contribution is 2.57. The van der Waals surface area contributed by atoms with Crippen LogP contribution in [-0.2, 0) is 9.47 Å². The monoisotopic (exact) mass is 296 g/mol. The van der Waals surface area contributed by atoms with Crippen molar-refractivity contribution in [2.45, 2.75) is 51.2 Å². The van der Waals surface area contributed by atoms with Gasteiger partial charge in [0.05, 0.1) is 12.7 Å². The lowest BCUT2D eigenvalue weighted by Crippen LogP contribution is -2.80. The van der Waals surface area contributed by atoms with E-state index in [1.807, 2.05) is 0 Å². The van der Waals surface area contributed by atoms with Crippen LogP contribution in [0.15, 0.2) is 0 Å². The lowest BCUT2D eigenvalue weighted by Gasteiger charge is -2.67. The largest absolute Gasteiger partial charge is 0.381 e. The van der Waals surface area contributed by atoms with E-state index in [4.69, 9.17) is 15.2 Å². The molecule has 2 saturated heterocycles. The van der Waals surface area contributed by atoms with Crippen LogP contribution in [0.5, 0.6) is 0 Å². The van der Waals surface area contributed by atoms with E-state index in [-0.39, 0.29) is 11.0 Å². The number of nitrogens with zero attached hydrogens (tertiary/aromatic N) is 1. The van der Waals surface area contributed by atoms with Gasteiger partial charge in [-0.1, -0.05) is 13.8 Å². The molecule has 2 aliphatic heterocycles. The van der Waals surface area contributed by atoms with E-state index in [0.717, 1.165) is 39.3 Å². The summed E-state index contributed by atoms with van der Waals surface area (Å²) in [7, 11) is 2.22. The molecule has 0 spiro atoms. The second-order valence-corrected chi connectivity index (χ2v) is 8.08. The molecule has 0 bridgehead atoms. The molecule has 1 aliphatic carbocycles. The summed E-state index contributed by atoms with van der Waals surface area (Å²) in [5.74, 6) is 1.21. The fourth-order valence-corrected chi connectivity index (χ4v) is 4.89. The Kier molecular flexibility index (Phi) is 4.34. The van der Waals surface area contributed by atoms with E-state index in [9.17, 15) is 0 Å². The average molecular weight is 296 g/mol. The summed E-state index contributed by atoms with van der Waals surface area (Å²) < 4.78 is 11.6. The minimum Gasteiger partial charge on any atom is -0.381 e. The maximum absolute atomic E-state index is 6.89. The Balaban J connectivity index is 1.59. The first-order valence-electron chi connectivity index (χ1n) is 8.62. The van der Waals surface area contributed by atoms with Crippen molar-refractivity contribution in [2.75, 3.05) is 40.0 Å². The minimum atomic E-state index is -0.109. The molecule has 4 heteroatoms. The van der Waals surface area contributed by atoms with E-state index < -0.39 is 0 Å². The van der Waals surface area contributed by atoms with Crippen LogP contribution in [0.2, 0.25) is 0 Å². The van der Waals surface area contributed by atoms with Gasteiger partial charge < -0.3 is 20.1 Å². The Labute approximate surface area is 129 Å². The van der Waals surface area contributed by atoms with Gasteiger partial charge in [0, 0.05) is 43.2 Å². The zero-order chi connectivity index (χ0) is 15.1. The first-order chi connectivity index (χ1) is 9.95. The number of likely N-dealkylation sites (N-methyl/N-ethyl adjacent to an activating group) is 1. The van der Waals surface area contributed by atoms with E-state index in [0.29, 0.717) is 17.9 Å². The predicted molar refractivity (Wildman–Crippen MR) is 84.2 cm³/mol. The number of hydrogen-bond donors (Lipinski definition) is 1. The highest BCUT2D eigenvalue weighted by molar-refractivity contribution is 5.20. The molecular weight excluding hydrogens is 264 g/mol. The number of hydrogen-bond acceptors (Lipinski definition) is 4. The Morgan fingerprint density at radius 1 is 1.19 bits per heavy atom. The third-order valence-electron chi connectivity index (χ3n) is 6.25. The highest BCUT2D eigenvalue weighted by Gasteiger charge is 2.66. The van der Waals surface area contributed by atoms with Gasteiger partial charge in [0.25, 0.3) is 0 Å². The van der Waals surface area contributed by atoms with Gasteiger partial charge in [0.1, 0.15) is 0 Å². The van der Waals surface area contributed by atoms with Crippen molar-refractivity contribution in [1.82, 2.24) is 4.90 Å². The molecular formula is C17H32N2O2. The smallest absolute Gasteiger partial charge is 0.0690 e. The number of fused-ring (bicyclic) bond motifs is 1.